The third-order valence-electron chi connectivity index (χ3n) is 7.57. The van der Waals surface area contributed by atoms with Crippen LogP contribution in [0.25, 0.3) is 21.8 Å². The lowest BCUT2D eigenvalue weighted by Gasteiger charge is -2.18. The Morgan fingerprint density at radius 3 is 1.92 bits per heavy atom. The molecule has 5 heteroatoms. The van der Waals surface area contributed by atoms with Crippen molar-refractivity contribution in [1.29, 1.82) is 0 Å². The van der Waals surface area contributed by atoms with Crippen LogP contribution in [0.5, 0.6) is 0 Å². The second kappa shape index (κ2) is 10.9. The van der Waals surface area contributed by atoms with Gasteiger partial charge in [-0.25, -0.2) is 0 Å². The van der Waals surface area contributed by atoms with Crippen LogP contribution >= 0.6 is 11.6 Å². The number of aliphatic imine (C=N–C) groups is 1. The normalized spacial score (nSPS) is 14.7. The maximum atomic E-state index is 6.20. The number of nitrogen functional groups attached to an aromatic ring is 1. The van der Waals surface area contributed by atoms with Crippen molar-refractivity contribution < 1.29 is 0 Å². The molecule has 0 fully saturated rings. The predicted octanol–water partition coefficient (Wildman–Crippen LogP) is 8.21. The van der Waals surface area contributed by atoms with Gasteiger partial charge >= 0.3 is 0 Å². The molecule has 2 aromatic heterocycles. The molecule has 38 heavy (non-hydrogen) atoms. The van der Waals surface area contributed by atoms with Crippen LogP contribution in [-0.2, 0) is 25.7 Å². The van der Waals surface area contributed by atoms with Gasteiger partial charge in [-0.3, -0.25) is 15.0 Å². The number of nitrogens with two attached hydrogens (primary N) is 1. The van der Waals surface area contributed by atoms with E-state index in [1.54, 1.807) is 0 Å². The van der Waals surface area contributed by atoms with Crippen molar-refractivity contribution in [2.45, 2.75) is 51.4 Å². The van der Waals surface area contributed by atoms with Crippen LogP contribution in [0.3, 0.4) is 0 Å². The Balaban J connectivity index is 0.000000152. The van der Waals surface area contributed by atoms with Crippen molar-refractivity contribution in [3.8, 4) is 0 Å². The number of rotatable bonds is 2. The van der Waals surface area contributed by atoms with Crippen LogP contribution in [-0.4, -0.2) is 16.2 Å². The van der Waals surface area contributed by atoms with E-state index in [4.69, 9.17) is 32.3 Å². The fraction of sp³-hybridized carbons (Fsp3) is 0.242. The first-order chi connectivity index (χ1) is 18.7. The van der Waals surface area contributed by atoms with Gasteiger partial charge in [-0.2, -0.15) is 0 Å². The molecule has 7 rings (SSSR count). The average Bonchev–Trinajstić information content (AvgIpc) is 2.97. The van der Waals surface area contributed by atoms with Gasteiger partial charge in [0.1, 0.15) is 0 Å². The molecule has 0 bridgehead atoms. The van der Waals surface area contributed by atoms with Gasteiger partial charge in [0.2, 0.25) is 0 Å². The Bertz CT molecular complexity index is 1640. The average molecular weight is 519 g/mol. The van der Waals surface area contributed by atoms with Gasteiger partial charge in [-0.15, -0.1) is 0 Å². The zero-order chi connectivity index (χ0) is 25.9. The molecular formula is C33H31ClN4. The standard InChI is InChI=1S/C20H17ClN2.C13H14N2/c21-15-11-9-14(10-12-15)13-22-20-16-5-1-3-7-18(16)23-19-8-4-2-6-17(19)20;14-13-9-5-1-3-7-11(9)15-12-8-4-2-6-10(12)13/h1,3,5,7,9-13H,2,4,6,8H2;1,3,5,7H,2,4,6,8H2,(H2,14,15). The Hall–Kier alpha value is -3.76. The fourth-order valence-corrected chi connectivity index (χ4v) is 5.72. The van der Waals surface area contributed by atoms with Gasteiger partial charge in [0.15, 0.2) is 0 Å². The smallest absolute Gasteiger partial charge is 0.0774 e. The second-order valence-electron chi connectivity index (χ2n) is 10.1. The molecule has 2 N–H and O–H groups in total. The number of benzene rings is 3. The van der Waals surface area contributed by atoms with Crippen LogP contribution in [0, 0.1) is 0 Å². The molecule has 190 valence electrons. The number of nitrogens with zero attached hydrogens (tertiary/aromatic N) is 3. The van der Waals surface area contributed by atoms with Crippen molar-refractivity contribution >= 4 is 51.0 Å². The first-order valence-corrected chi connectivity index (χ1v) is 13.9. The van der Waals surface area contributed by atoms with Crippen LogP contribution in [0.1, 0.15) is 53.8 Å². The van der Waals surface area contributed by atoms with E-state index in [2.05, 4.69) is 24.3 Å². The highest BCUT2D eigenvalue weighted by Gasteiger charge is 2.18. The van der Waals surface area contributed by atoms with Crippen molar-refractivity contribution in [3.63, 3.8) is 0 Å². The number of anilines is 1. The summed E-state index contributed by atoms with van der Waals surface area (Å²) in [6.07, 6.45) is 11.2. The molecule has 5 aromatic rings. The van der Waals surface area contributed by atoms with E-state index in [1.807, 2.05) is 54.7 Å². The molecule has 0 atom stereocenters. The minimum absolute atomic E-state index is 0.744. The third-order valence-corrected chi connectivity index (χ3v) is 7.82. The van der Waals surface area contributed by atoms with E-state index < -0.39 is 0 Å². The number of halogens is 1. The predicted molar refractivity (Wildman–Crippen MR) is 160 cm³/mol. The number of aromatic nitrogens is 2. The molecule has 0 saturated carbocycles. The molecule has 0 aliphatic heterocycles. The largest absolute Gasteiger partial charge is 0.398 e. The van der Waals surface area contributed by atoms with Crippen LogP contribution in [0.2, 0.25) is 5.02 Å². The maximum Gasteiger partial charge on any atom is 0.0774 e. The Kier molecular flexibility index (Phi) is 7.06. The summed E-state index contributed by atoms with van der Waals surface area (Å²) < 4.78 is 0. The quantitative estimate of drug-likeness (QED) is 0.239. The van der Waals surface area contributed by atoms with Crippen LogP contribution in [0.4, 0.5) is 11.4 Å². The number of para-hydroxylation sites is 2. The van der Waals surface area contributed by atoms with E-state index in [0.29, 0.717) is 0 Å². The summed E-state index contributed by atoms with van der Waals surface area (Å²) in [6, 6.07) is 24.2. The third kappa shape index (κ3) is 5.01. The van der Waals surface area contributed by atoms with E-state index in [-0.39, 0.29) is 0 Å². The minimum Gasteiger partial charge on any atom is -0.398 e. The lowest BCUT2D eigenvalue weighted by molar-refractivity contribution is 0.672. The summed E-state index contributed by atoms with van der Waals surface area (Å²) in [5.41, 5.74) is 16.4. The number of aryl methyl sites for hydroxylation is 2. The molecule has 4 nitrogen and oxygen atoms in total. The van der Waals surface area contributed by atoms with E-state index in [1.165, 1.54) is 48.2 Å². The molecular weight excluding hydrogens is 488 g/mol. The number of fused-ring (bicyclic) bond motifs is 4. The number of pyridine rings is 2. The maximum absolute atomic E-state index is 6.20. The number of hydrogen-bond donors (Lipinski definition) is 1. The summed E-state index contributed by atoms with van der Waals surface area (Å²) in [5.74, 6) is 0. The highest BCUT2D eigenvalue weighted by Crippen LogP contribution is 2.35. The lowest BCUT2D eigenvalue weighted by atomic mass is 9.93. The van der Waals surface area contributed by atoms with E-state index >= 15 is 0 Å². The zero-order valence-corrected chi connectivity index (χ0v) is 22.2. The molecule has 0 unspecified atom stereocenters. The molecule has 0 radical (unpaired) electrons. The van der Waals surface area contributed by atoms with Crippen molar-refractivity contribution in [3.05, 3.63) is 106 Å². The van der Waals surface area contributed by atoms with Crippen molar-refractivity contribution in [2.24, 2.45) is 4.99 Å². The van der Waals surface area contributed by atoms with E-state index in [9.17, 15) is 0 Å². The first kappa shape index (κ1) is 24.6. The van der Waals surface area contributed by atoms with Crippen LogP contribution < -0.4 is 5.73 Å². The molecule has 2 heterocycles. The summed E-state index contributed by atoms with van der Waals surface area (Å²) >= 11 is 5.95. The molecule has 0 saturated heterocycles. The SMILES string of the molecule is Clc1ccc(C=Nc2c3c(nc4ccccc24)CCCC3)cc1.Nc1c2c(nc3ccccc13)CCCC2. The first-order valence-electron chi connectivity index (χ1n) is 13.5. The summed E-state index contributed by atoms with van der Waals surface area (Å²) in [4.78, 5) is 14.4. The summed E-state index contributed by atoms with van der Waals surface area (Å²) in [6.45, 7) is 0. The lowest BCUT2D eigenvalue weighted by Crippen LogP contribution is -2.09. The van der Waals surface area contributed by atoms with Gasteiger partial charge in [-0.05, 0) is 92.3 Å². The van der Waals surface area contributed by atoms with E-state index in [0.717, 1.165) is 69.4 Å². The second-order valence-corrected chi connectivity index (χ2v) is 10.5. The Morgan fingerprint density at radius 1 is 0.658 bits per heavy atom. The Morgan fingerprint density at radius 2 is 1.21 bits per heavy atom. The highest BCUT2D eigenvalue weighted by molar-refractivity contribution is 6.30. The monoisotopic (exact) mass is 518 g/mol. The van der Waals surface area contributed by atoms with Gasteiger partial charge in [0, 0.05) is 39.1 Å². The summed E-state index contributed by atoms with van der Waals surface area (Å²) in [7, 11) is 0. The van der Waals surface area contributed by atoms with Gasteiger partial charge < -0.3 is 5.73 Å². The van der Waals surface area contributed by atoms with Crippen LogP contribution in [0.15, 0.2) is 77.8 Å². The van der Waals surface area contributed by atoms with Crippen molar-refractivity contribution in [1.82, 2.24) is 9.97 Å². The zero-order valence-electron chi connectivity index (χ0n) is 21.5. The fourth-order valence-electron chi connectivity index (χ4n) is 5.59. The number of hydrogen-bond acceptors (Lipinski definition) is 4. The van der Waals surface area contributed by atoms with Gasteiger partial charge in [0.25, 0.3) is 0 Å². The molecule has 3 aromatic carbocycles. The topological polar surface area (TPSA) is 64.2 Å². The van der Waals surface area contributed by atoms with Gasteiger partial charge in [-0.1, -0.05) is 60.1 Å². The summed E-state index contributed by atoms with van der Waals surface area (Å²) in [5, 5.41) is 2.99. The highest BCUT2D eigenvalue weighted by atomic mass is 35.5. The van der Waals surface area contributed by atoms with Gasteiger partial charge in [0.05, 0.1) is 16.7 Å². The van der Waals surface area contributed by atoms with Crippen molar-refractivity contribution in [2.75, 3.05) is 5.73 Å². The minimum atomic E-state index is 0.744. The molecule has 0 amide bonds. The molecule has 0 spiro atoms. The Labute approximate surface area is 228 Å². The molecule has 2 aliphatic rings. The molecule has 2 aliphatic carbocycles.